The van der Waals surface area contributed by atoms with Gasteiger partial charge in [-0.05, 0) is 49.6 Å². The van der Waals surface area contributed by atoms with Crippen LogP contribution in [0.1, 0.15) is 41.9 Å². The standard InChI is InChI=1S/C27H29F4N5/c1-3-18-5-7-21-22-11-17(2)36(16-27(29,30)31)26(25(22)34-24(21)12-18)23-8-6-19(13-32-23)33-20-14-35(15-20)10-4-9-28/h1,5-8,12-13,17,20,26,33-34H,4,9-11,14-16H2,2H3/t17-,26-/m1/s1. The number of nitrogens with zero attached hydrogens (tertiary/aromatic N) is 3. The Morgan fingerprint density at radius 3 is 2.69 bits per heavy atom. The quantitative estimate of drug-likeness (QED) is 0.359. The van der Waals surface area contributed by atoms with Crippen molar-refractivity contribution in [2.24, 2.45) is 0 Å². The Labute approximate surface area is 207 Å². The Morgan fingerprint density at radius 2 is 2.03 bits per heavy atom. The maximum atomic E-state index is 13.6. The Balaban J connectivity index is 1.44. The zero-order chi connectivity index (χ0) is 25.4. The largest absolute Gasteiger partial charge is 0.401 e. The first kappa shape index (κ1) is 24.6. The number of pyridine rings is 1. The number of fused-ring (bicyclic) bond motifs is 3. The Bertz CT molecular complexity index is 1250. The molecule has 3 aromatic rings. The maximum absolute atomic E-state index is 13.6. The summed E-state index contributed by atoms with van der Waals surface area (Å²) in [6, 6.07) is 8.58. The van der Waals surface area contributed by atoms with Crippen molar-refractivity contribution in [3.63, 3.8) is 0 Å². The second-order valence-electron chi connectivity index (χ2n) is 9.78. The highest BCUT2D eigenvalue weighted by molar-refractivity contribution is 5.86. The molecule has 0 spiro atoms. The van der Waals surface area contributed by atoms with Gasteiger partial charge < -0.3 is 10.3 Å². The summed E-state index contributed by atoms with van der Waals surface area (Å²) < 4.78 is 53.2. The van der Waals surface area contributed by atoms with Gasteiger partial charge in [-0.3, -0.25) is 19.2 Å². The van der Waals surface area contributed by atoms with Crippen molar-refractivity contribution in [1.82, 2.24) is 19.8 Å². The first-order valence-electron chi connectivity index (χ1n) is 12.2. The molecular formula is C27H29F4N5. The number of alkyl halides is 4. The van der Waals surface area contributed by atoms with E-state index in [4.69, 9.17) is 6.42 Å². The normalized spacial score (nSPS) is 21.2. The van der Waals surface area contributed by atoms with Gasteiger partial charge in [-0.1, -0.05) is 12.0 Å². The summed E-state index contributed by atoms with van der Waals surface area (Å²) in [5.41, 5.74) is 4.65. The molecule has 2 N–H and O–H groups in total. The summed E-state index contributed by atoms with van der Waals surface area (Å²) in [6.45, 7) is 2.91. The van der Waals surface area contributed by atoms with E-state index in [0.717, 1.165) is 47.5 Å². The number of likely N-dealkylation sites (tertiary alicyclic amines) is 1. The van der Waals surface area contributed by atoms with Crippen LogP contribution in [0.2, 0.25) is 0 Å². The number of H-pyrrole nitrogens is 1. The van der Waals surface area contributed by atoms with E-state index in [1.165, 1.54) is 4.90 Å². The van der Waals surface area contributed by atoms with Crippen LogP contribution in [0.25, 0.3) is 10.9 Å². The second kappa shape index (κ2) is 9.75. The number of nitrogens with one attached hydrogen (secondary N) is 2. The van der Waals surface area contributed by atoms with E-state index in [9.17, 15) is 17.6 Å². The van der Waals surface area contributed by atoms with Crippen LogP contribution < -0.4 is 5.32 Å². The molecule has 5 rings (SSSR count). The van der Waals surface area contributed by atoms with Gasteiger partial charge in [0.05, 0.1) is 42.9 Å². The lowest BCUT2D eigenvalue weighted by Crippen LogP contribution is -2.54. The van der Waals surface area contributed by atoms with Crippen LogP contribution in [0, 0.1) is 12.3 Å². The predicted octanol–water partition coefficient (Wildman–Crippen LogP) is 4.90. The van der Waals surface area contributed by atoms with E-state index in [0.29, 0.717) is 24.1 Å². The van der Waals surface area contributed by atoms with Crippen molar-refractivity contribution in [3.05, 3.63) is 59.0 Å². The molecule has 9 heteroatoms. The summed E-state index contributed by atoms with van der Waals surface area (Å²) >= 11 is 0. The smallest absolute Gasteiger partial charge is 0.378 e. The van der Waals surface area contributed by atoms with Gasteiger partial charge in [0, 0.05) is 47.8 Å². The lowest BCUT2D eigenvalue weighted by molar-refractivity contribution is -0.155. The summed E-state index contributed by atoms with van der Waals surface area (Å²) in [5, 5.41) is 4.39. The molecule has 0 unspecified atom stereocenters. The average Bonchev–Trinajstić information content (AvgIpc) is 3.17. The highest BCUT2D eigenvalue weighted by atomic mass is 19.4. The fraction of sp³-hybridized carbons (Fsp3) is 0.444. The zero-order valence-electron chi connectivity index (χ0n) is 20.1. The first-order chi connectivity index (χ1) is 17.3. The van der Waals surface area contributed by atoms with Gasteiger partial charge in [0.25, 0.3) is 0 Å². The molecule has 36 heavy (non-hydrogen) atoms. The molecule has 0 aliphatic carbocycles. The highest BCUT2D eigenvalue weighted by Crippen LogP contribution is 2.41. The summed E-state index contributed by atoms with van der Waals surface area (Å²) in [5.74, 6) is 2.62. The minimum Gasteiger partial charge on any atom is -0.378 e. The minimum atomic E-state index is -4.34. The number of aromatic nitrogens is 2. The van der Waals surface area contributed by atoms with Crippen molar-refractivity contribution in [3.8, 4) is 12.3 Å². The molecule has 2 atom stereocenters. The third kappa shape index (κ3) is 4.93. The van der Waals surface area contributed by atoms with Crippen LogP contribution >= 0.6 is 0 Å². The first-order valence-corrected chi connectivity index (χ1v) is 12.2. The second-order valence-corrected chi connectivity index (χ2v) is 9.78. The van der Waals surface area contributed by atoms with Gasteiger partial charge in [-0.25, -0.2) is 0 Å². The number of terminal acetylenes is 1. The van der Waals surface area contributed by atoms with Gasteiger partial charge in [0.1, 0.15) is 0 Å². The molecular weight excluding hydrogens is 470 g/mol. The number of hydrogen-bond donors (Lipinski definition) is 2. The van der Waals surface area contributed by atoms with Crippen molar-refractivity contribution in [1.29, 1.82) is 0 Å². The molecule has 0 radical (unpaired) electrons. The Morgan fingerprint density at radius 1 is 1.22 bits per heavy atom. The molecule has 1 fully saturated rings. The number of benzene rings is 1. The van der Waals surface area contributed by atoms with Crippen LogP contribution in [0.15, 0.2) is 36.5 Å². The maximum Gasteiger partial charge on any atom is 0.401 e. The fourth-order valence-corrected chi connectivity index (χ4v) is 5.44. The third-order valence-electron chi connectivity index (χ3n) is 7.14. The molecule has 1 aromatic carbocycles. The van der Waals surface area contributed by atoms with Crippen molar-refractivity contribution in [2.45, 2.75) is 44.1 Å². The predicted molar refractivity (Wildman–Crippen MR) is 133 cm³/mol. The van der Waals surface area contributed by atoms with Crippen LogP contribution in [-0.4, -0.2) is 70.9 Å². The average molecular weight is 500 g/mol. The number of aromatic amines is 1. The van der Waals surface area contributed by atoms with Crippen LogP contribution in [0.5, 0.6) is 0 Å². The highest BCUT2D eigenvalue weighted by Gasteiger charge is 2.42. The molecule has 0 bridgehead atoms. The van der Waals surface area contributed by atoms with Gasteiger partial charge in [0.15, 0.2) is 0 Å². The van der Waals surface area contributed by atoms with Crippen LogP contribution in [0.4, 0.5) is 23.2 Å². The summed E-state index contributed by atoms with van der Waals surface area (Å²) in [7, 11) is 0. The minimum absolute atomic E-state index is 0.249. The number of rotatable bonds is 7. The van der Waals surface area contributed by atoms with Gasteiger partial charge >= 0.3 is 6.18 Å². The SMILES string of the molecule is C#Cc1ccc2c3c([nH]c2c1)[C@@H](c1ccc(NC2CN(CCCF)C2)cn1)N(CC(F)(F)F)[C@H](C)C3. The fourth-order valence-electron chi connectivity index (χ4n) is 5.44. The molecule has 4 heterocycles. The summed E-state index contributed by atoms with van der Waals surface area (Å²) in [4.78, 5) is 11.6. The topological polar surface area (TPSA) is 47.2 Å². The Hall–Kier alpha value is -3.09. The van der Waals surface area contributed by atoms with Crippen molar-refractivity contribution in [2.75, 3.05) is 38.2 Å². The third-order valence-corrected chi connectivity index (χ3v) is 7.14. The molecule has 0 amide bonds. The van der Waals surface area contributed by atoms with Crippen LogP contribution in [0.3, 0.4) is 0 Å². The van der Waals surface area contributed by atoms with E-state index >= 15 is 0 Å². The molecule has 0 saturated carbocycles. The van der Waals surface area contributed by atoms with E-state index in [1.807, 2.05) is 31.2 Å². The van der Waals surface area contributed by atoms with Gasteiger partial charge in [-0.2, -0.15) is 13.2 Å². The zero-order valence-corrected chi connectivity index (χ0v) is 20.1. The Kier molecular flexibility index (Phi) is 6.66. The number of halogens is 4. The lowest BCUT2D eigenvalue weighted by Gasteiger charge is -2.41. The molecule has 1 saturated heterocycles. The van der Waals surface area contributed by atoms with Gasteiger partial charge in [-0.15, -0.1) is 6.42 Å². The van der Waals surface area contributed by atoms with Crippen LogP contribution in [-0.2, 0) is 6.42 Å². The monoisotopic (exact) mass is 499 g/mol. The molecule has 5 nitrogen and oxygen atoms in total. The lowest BCUT2D eigenvalue weighted by atomic mass is 9.90. The number of hydrogen-bond acceptors (Lipinski definition) is 4. The van der Waals surface area contributed by atoms with E-state index in [1.54, 1.807) is 12.3 Å². The molecule has 2 aliphatic heterocycles. The summed E-state index contributed by atoms with van der Waals surface area (Å²) in [6.07, 6.45) is 3.94. The van der Waals surface area contributed by atoms with E-state index < -0.39 is 18.8 Å². The molecule has 2 aromatic heterocycles. The molecule has 190 valence electrons. The van der Waals surface area contributed by atoms with Crippen molar-refractivity contribution >= 4 is 16.6 Å². The van der Waals surface area contributed by atoms with Crippen molar-refractivity contribution < 1.29 is 17.6 Å². The molecule has 2 aliphatic rings. The number of anilines is 1. The van der Waals surface area contributed by atoms with E-state index in [2.05, 4.69) is 26.1 Å². The van der Waals surface area contributed by atoms with Gasteiger partial charge in [0.2, 0.25) is 0 Å². The van der Waals surface area contributed by atoms with E-state index in [-0.39, 0.29) is 18.8 Å².